The van der Waals surface area contributed by atoms with Crippen molar-refractivity contribution in [1.29, 1.82) is 0 Å². The second-order valence-corrected chi connectivity index (χ2v) is 10.2. The standard InChI is InChI=1S/C27H34N4O9/c1-16(2)22(30-25(34)40-27(4,5)6)24(33)28-17(3)23(32)29-19-9-7-18(8-10-19)15-38-26(35)39-21-13-11-20(12-14-21)31(36)37/h7-14,16-17,22H,15H2,1-6H3,(H,28,33)(H,29,32)(H,30,34). The molecule has 0 aliphatic rings. The van der Waals surface area contributed by atoms with Gasteiger partial charge in [-0.2, -0.15) is 0 Å². The Balaban J connectivity index is 1.84. The summed E-state index contributed by atoms with van der Waals surface area (Å²) in [7, 11) is 0. The molecule has 3 amide bonds. The maximum atomic E-state index is 12.7. The minimum atomic E-state index is -0.989. The van der Waals surface area contributed by atoms with E-state index in [-0.39, 0.29) is 24.0 Å². The van der Waals surface area contributed by atoms with E-state index < -0.39 is 46.7 Å². The van der Waals surface area contributed by atoms with Crippen LogP contribution in [0.5, 0.6) is 5.75 Å². The van der Waals surface area contributed by atoms with Gasteiger partial charge in [-0.05, 0) is 63.4 Å². The second kappa shape index (κ2) is 13.9. The lowest BCUT2D eigenvalue weighted by Gasteiger charge is -2.26. The van der Waals surface area contributed by atoms with Crippen LogP contribution in [0, 0.1) is 16.0 Å². The number of carbonyl (C=O) groups excluding carboxylic acids is 4. The number of nitrogens with zero attached hydrogens (tertiary/aromatic N) is 1. The van der Waals surface area contributed by atoms with Crippen molar-refractivity contribution in [3.05, 3.63) is 64.2 Å². The van der Waals surface area contributed by atoms with Crippen LogP contribution < -0.4 is 20.7 Å². The molecule has 3 N–H and O–H groups in total. The highest BCUT2D eigenvalue weighted by atomic mass is 16.7. The molecule has 0 fully saturated rings. The molecule has 2 atom stereocenters. The van der Waals surface area contributed by atoms with E-state index in [1.54, 1.807) is 58.9 Å². The number of anilines is 1. The lowest BCUT2D eigenvalue weighted by Crippen LogP contribution is -2.54. The Morgan fingerprint density at radius 3 is 2.02 bits per heavy atom. The molecule has 0 heterocycles. The Hall–Kier alpha value is -4.68. The van der Waals surface area contributed by atoms with Crippen LogP contribution in [0.15, 0.2) is 48.5 Å². The number of amides is 3. The maximum absolute atomic E-state index is 12.7. The molecule has 0 aliphatic carbocycles. The average Bonchev–Trinajstić information content (AvgIpc) is 2.85. The molecule has 216 valence electrons. The van der Waals surface area contributed by atoms with E-state index in [0.29, 0.717) is 11.3 Å². The summed E-state index contributed by atoms with van der Waals surface area (Å²) in [5.41, 5.74) is 0.179. The third-order valence-electron chi connectivity index (χ3n) is 5.20. The summed E-state index contributed by atoms with van der Waals surface area (Å²) in [5.74, 6) is -1.18. The Kier molecular flexibility index (Phi) is 11.0. The first-order chi connectivity index (χ1) is 18.6. The fraction of sp³-hybridized carbons (Fsp3) is 0.407. The molecule has 2 unspecified atom stereocenters. The van der Waals surface area contributed by atoms with Crippen LogP contribution in [0.4, 0.5) is 21.0 Å². The zero-order valence-corrected chi connectivity index (χ0v) is 23.2. The number of hydrogen-bond donors (Lipinski definition) is 3. The molecule has 13 heteroatoms. The van der Waals surface area contributed by atoms with E-state index in [4.69, 9.17) is 14.2 Å². The summed E-state index contributed by atoms with van der Waals surface area (Å²) < 4.78 is 15.2. The van der Waals surface area contributed by atoms with Crippen molar-refractivity contribution in [3.8, 4) is 5.75 Å². The Morgan fingerprint density at radius 2 is 1.50 bits per heavy atom. The molecule has 0 saturated carbocycles. The maximum Gasteiger partial charge on any atom is 0.514 e. The van der Waals surface area contributed by atoms with Crippen molar-refractivity contribution < 1.29 is 38.3 Å². The van der Waals surface area contributed by atoms with Crippen LogP contribution in [0.3, 0.4) is 0 Å². The summed E-state index contributed by atoms with van der Waals surface area (Å²) in [6, 6.07) is 9.57. The van der Waals surface area contributed by atoms with E-state index in [0.717, 1.165) is 0 Å². The largest absolute Gasteiger partial charge is 0.514 e. The van der Waals surface area contributed by atoms with E-state index in [9.17, 15) is 29.3 Å². The number of rotatable bonds is 10. The Bertz CT molecular complexity index is 1210. The topological polar surface area (TPSA) is 175 Å². The molecule has 13 nitrogen and oxygen atoms in total. The van der Waals surface area contributed by atoms with Crippen LogP contribution in [-0.2, 0) is 25.7 Å². The van der Waals surface area contributed by atoms with E-state index >= 15 is 0 Å². The predicted molar refractivity (Wildman–Crippen MR) is 145 cm³/mol. The average molecular weight is 559 g/mol. The fourth-order valence-corrected chi connectivity index (χ4v) is 3.18. The number of nitro benzene ring substituents is 1. The van der Waals surface area contributed by atoms with E-state index in [1.165, 1.54) is 31.2 Å². The van der Waals surface area contributed by atoms with Gasteiger partial charge >= 0.3 is 12.2 Å². The van der Waals surface area contributed by atoms with Gasteiger partial charge in [0.05, 0.1) is 4.92 Å². The van der Waals surface area contributed by atoms with Gasteiger partial charge in [-0.3, -0.25) is 19.7 Å². The van der Waals surface area contributed by atoms with Gasteiger partial charge in [0.2, 0.25) is 11.8 Å². The SMILES string of the molecule is CC(NC(=O)C(NC(=O)OC(C)(C)C)C(C)C)C(=O)Nc1ccc(COC(=O)Oc2ccc([N+](=O)[O-])cc2)cc1. The van der Waals surface area contributed by atoms with Crippen LogP contribution in [0.2, 0.25) is 0 Å². The lowest BCUT2D eigenvalue weighted by molar-refractivity contribution is -0.384. The zero-order chi connectivity index (χ0) is 30.0. The molecule has 0 radical (unpaired) electrons. The molecule has 0 saturated heterocycles. The molecular weight excluding hydrogens is 524 g/mol. The third-order valence-corrected chi connectivity index (χ3v) is 5.20. The number of benzene rings is 2. The minimum Gasteiger partial charge on any atom is -0.444 e. The third kappa shape index (κ3) is 10.6. The van der Waals surface area contributed by atoms with Crippen LogP contribution in [-0.4, -0.2) is 46.7 Å². The fourth-order valence-electron chi connectivity index (χ4n) is 3.18. The summed E-state index contributed by atoms with van der Waals surface area (Å²) in [5, 5.41) is 18.5. The van der Waals surface area contributed by atoms with Crippen molar-refractivity contribution in [2.24, 2.45) is 5.92 Å². The van der Waals surface area contributed by atoms with Crippen LogP contribution in [0.1, 0.15) is 47.1 Å². The quantitative estimate of drug-likeness (QED) is 0.166. The number of ether oxygens (including phenoxy) is 3. The van der Waals surface area contributed by atoms with Gasteiger partial charge in [0, 0.05) is 17.8 Å². The highest BCUT2D eigenvalue weighted by molar-refractivity contribution is 5.98. The molecule has 0 aliphatic heterocycles. The van der Waals surface area contributed by atoms with Gasteiger partial charge < -0.3 is 30.2 Å². The van der Waals surface area contributed by atoms with Crippen molar-refractivity contribution in [3.63, 3.8) is 0 Å². The zero-order valence-electron chi connectivity index (χ0n) is 23.2. The number of carbonyl (C=O) groups is 4. The number of non-ortho nitro benzene ring substituents is 1. The molecular formula is C27H34N4O9. The molecule has 0 bridgehead atoms. The molecule has 2 rings (SSSR count). The first-order valence-electron chi connectivity index (χ1n) is 12.4. The van der Waals surface area contributed by atoms with Crippen LogP contribution >= 0.6 is 0 Å². The number of hydrogen-bond acceptors (Lipinski definition) is 9. The van der Waals surface area contributed by atoms with Gasteiger partial charge in [-0.25, -0.2) is 9.59 Å². The van der Waals surface area contributed by atoms with Crippen molar-refractivity contribution >= 4 is 35.4 Å². The number of nitro groups is 1. The lowest BCUT2D eigenvalue weighted by atomic mass is 10.0. The molecule has 40 heavy (non-hydrogen) atoms. The first-order valence-corrected chi connectivity index (χ1v) is 12.4. The molecule has 0 spiro atoms. The molecule has 0 aromatic heterocycles. The van der Waals surface area contributed by atoms with Crippen molar-refractivity contribution in [2.45, 2.75) is 65.8 Å². The first kappa shape index (κ1) is 31.5. The Morgan fingerprint density at radius 1 is 0.900 bits per heavy atom. The summed E-state index contributed by atoms with van der Waals surface area (Å²) in [4.78, 5) is 59.5. The normalized spacial score (nSPS) is 12.5. The van der Waals surface area contributed by atoms with Gasteiger partial charge in [0.1, 0.15) is 30.0 Å². The highest BCUT2D eigenvalue weighted by Crippen LogP contribution is 2.18. The van der Waals surface area contributed by atoms with Gasteiger partial charge in [-0.15, -0.1) is 0 Å². The molecule has 2 aromatic carbocycles. The highest BCUT2D eigenvalue weighted by Gasteiger charge is 2.29. The smallest absolute Gasteiger partial charge is 0.444 e. The van der Waals surface area contributed by atoms with Crippen molar-refractivity contribution in [1.82, 2.24) is 10.6 Å². The summed E-state index contributed by atoms with van der Waals surface area (Å²) in [6.07, 6.45) is -1.72. The predicted octanol–water partition coefficient (Wildman–Crippen LogP) is 4.30. The number of nitrogens with one attached hydrogen (secondary N) is 3. The van der Waals surface area contributed by atoms with Gasteiger partial charge in [0.25, 0.3) is 5.69 Å². The van der Waals surface area contributed by atoms with Gasteiger partial charge in [0.15, 0.2) is 0 Å². The molecule has 2 aromatic rings. The number of alkyl carbamates (subject to hydrolysis) is 1. The minimum absolute atomic E-state index is 0.0928. The second-order valence-electron chi connectivity index (χ2n) is 10.2. The van der Waals surface area contributed by atoms with E-state index in [2.05, 4.69) is 16.0 Å². The van der Waals surface area contributed by atoms with Crippen LogP contribution in [0.25, 0.3) is 0 Å². The van der Waals surface area contributed by atoms with Gasteiger partial charge in [-0.1, -0.05) is 26.0 Å². The Labute approximate surface area is 231 Å². The summed E-state index contributed by atoms with van der Waals surface area (Å²) >= 11 is 0. The van der Waals surface area contributed by atoms with E-state index in [1.807, 2.05) is 0 Å². The summed E-state index contributed by atoms with van der Waals surface area (Å²) in [6.45, 7) is 10.0. The van der Waals surface area contributed by atoms with Crippen molar-refractivity contribution in [2.75, 3.05) is 5.32 Å². The monoisotopic (exact) mass is 558 g/mol.